The van der Waals surface area contributed by atoms with Gasteiger partial charge in [-0.05, 0) is 20.9 Å². The number of methoxy groups -OCH3 is 2. The average molecular weight is 268 g/mol. The van der Waals surface area contributed by atoms with Gasteiger partial charge in [-0.15, -0.1) is 5.10 Å². The minimum Gasteiger partial charge on any atom is -0.377 e. The van der Waals surface area contributed by atoms with Gasteiger partial charge in [0.2, 0.25) is 0 Å². The van der Waals surface area contributed by atoms with Gasteiger partial charge >= 0.3 is 0 Å². The van der Waals surface area contributed by atoms with Crippen LogP contribution in [0.3, 0.4) is 0 Å². The molecule has 108 valence electrons. The number of hydrogen-bond acceptors (Lipinski definition) is 5. The van der Waals surface area contributed by atoms with E-state index in [1.54, 1.807) is 14.2 Å². The van der Waals surface area contributed by atoms with Crippen LogP contribution in [0.25, 0.3) is 0 Å². The van der Waals surface area contributed by atoms with E-state index >= 15 is 0 Å². The number of ether oxygens (including phenoxy) is 2. The SMILES string of the molecule is COC1CN(C)CCc2c(nnn2C(C)C)C1OC. The Morgan fingerprint density at radius 1 is 1.26 bits per heavy atom. The molecule has 2 rings (SSSR count). The number of likely N-dealkylation sites (N-methyl/N-ethyl adjacent to an activating group) is 1. The highest BCUT2D eigenvalue weighted by Gasteiger charge is 2.32. The van der Waals surface area contributed by atoms with Gasteiger partial charge in [0.05, 0.1) is 5.69 Å². The Morgan fingerprint density at radius 2 is 2.00 bits per heavy atom. The summed E-state index contributed by atoms with van der Waals surface area (Å²) in [5.41, 5.74) is 2.09. The fourth-order valence-electron chi connectivity index (χ4n) is 2.63. The van der Waals surface area contributed by atoms with Gasteiger partial charge in [0.25, 0.3) is 0 Å². The molecule has 1 aromatic heterocycles. The minimum atomic E-state index is -0.157. The molecule has 1 aromatic rings. The maximum Gasteiger partial charge on any atom is 0.130 e. The zero-order valence-corrected chi connectivity index (χ0v) is 12.5. The molecule has 0 bridgehead atoms. The van der Waals surface area contributed by atoms with Gasteiger partial charge < -0.3 is 14.4 Å². The van der Waals surface area contributed by atoms with Crippen LogP contribution in [0, 0.1) is 0 Å². The normalized spacial score (nSPS) is 25.2. The molecule has 0 spiro atoms. The molecule has 19 heavy (non-hydrogen) atoms. The van der Waals surface area contributed by atoms with Crippen LogP contribution in [0.1, 0.15) is 37.4 Å². The van der Waals surface area contributed by atoms with E-state index in [2.05, 4.69) is 36.1 Å². The van der Waals surface area contributed by atoms with Crippen molar-refractivity contribution in [2.45, 2.75) is 38.5 Å². The predicted octanol–water partition coefficient (Wildman–Crippen LogP) is 1.05. The highest BCUT2D eigenvalue weighted by atomic mass is 16.5. The molecule has 0 saturated heterocycles. The lowest BCUT2D eigenvalue weighted by molar-refractivity contribution is -0.0541. The van der Waals surface area contributed by atoms with Crippen LogP contribution >= 0.6 is 0 Å². The number of aromatic nitrogens is 3. The van der Waals surface area contributed by atoms with Gasteiger partial charge in [-0.2, -0.15) is 0 Å². The lowest BCUT2D eigenvalue weighted by Crippen LogP contribution is -2.39. The molecule has 2 unspecified atom stereocenters. The van der Waals surface area contributed by atoms with Crippen LogP contribution < -0.4 is 0 Å². The maximum atomic E-state index is 5.63. The monoisotopic (exact) mass is 268 g/mol. The van der Waals surface area contributed by atoms with Gasteiger partial charge in [-0.1, -0.05) is 5.21 Å². The van der Waals surface area contributed by atoms with E-state index in [-0.39, 0.29) is 12.2 Å². The number of fused-ring (bicyclic) bond motifs is 1. The Morgan fingerprint density at radius 3 is 2.58 bits per heavy atom. The lowest BCUT2D eigenvalue weighted by atomic mass is 10.0. The molecule has 6 nitrogen and oxygen atoms in total. The van der Waals surface area contributed by atoms with Gasteiger partial charge in [0.1, 0.15) is 17.9 Å². The summed E-state index contributed by atoms with van der Waals surface area (Å²) in [5, 5.41) is 8.63. The lowest BCUT2D eigenvalue weighted by Gasteiger charge is -2.31. The highest BCUT2D eigenvalue weighted by molar-refractivity contribution is 5.17. The van der Waals surface area contributed by atoms with Crippen molar-refractivity contribution in [3.8, 4) is 0 Å². The Balaban J connectivity index is 2.42. The average Bonchev–Trinajstić information content (AvgIpc) is 2.77. The smallest absolute Gasteiger partial charge is 0.130 e. The van der Waals surface area contributed by atoms with Crippen LogP contribution in [0.2, 0.25) is 0 Å². The van der Waals surface area contributed by atoms with Crippen molar-refractivity contribution in [2.75, 3.05) is 34.4 Å². The summed E-state index contributed by atoms with van der Waals surface area (Å²) in [6.45, 7) is 6.05. The van der Waals surface area contributed by atoms with E-state index in [0.717, 1.165) is 30.9 Å². The summed E-state index contributed by atoms with van der Waals surface area (Å²) in [7, 11) is 5.53. The summed E-state index contributed by atoms with van der Waals surface area (Å²) in [6, 6.07) is 0.305. The first kappa shape index (κ1) is 14.4. The Bertz CT molecular complexity index is 419. The molecule has 0 N–H and O–H groups in total. The van der Waals surface area contributed by atoms with E-state index in [0.29, 0.717) is 6.04 Å². The van der Waals surface area contributed by atoms with Gasteiger partial charge in [-0.3, -0.25) is 0 Å². The molecular formula is C13H24N4O2. The maximum absolute atomic E-state index is 5.63. The molecule has 2 heterocycles. The highest BCUT2D eigenvalue weighted by Crippen LogP contribution is 2.28. The standard InChI is InChI=1S/C13H24N4O2/c1-9(2)17-10-6-7-16(3)8-11(18-4)13(19-5)12(10)14-15-17/h9,11,13H,6-8H2,1-5H3. The number of hydrogen-bond donors (Lipinski definition) is 0. The van der Waals surface area contributed by atoms with Crippen LogP contribution in [0.4, 0.5) is 0 Å². The molecular weight excluding hydrogens is 244 g/mol. The molecule has 0 fully saturated rings. The molecule has 1 aliphatic heterocycles. The first-order chi connectivity index (χ1) is 9.08. The third-order valence-electron chi connectivity index (χ3n) is 3.70. The van der Waals surface area contributed by atoms with E-state index in [1.165, 1.54) is 0 Å². The molecule has 1 aliphatic rings. The van der Waals surface area contributed by atoms with Crippen molar-refractivity contribution in [2.24, 2.45) is 0 Å². The minimum absolute atomic E-state index is 0.0219. The zero-order chi connectivity index (χ0) is 14.0. The molecule has 0 radical (unpaired) electrons. The van der Waals surface area contributed by atoms with Crippen LogP contribution in [0.5, 0.6) is 0 Å². The first-order valence-electron chi connectivity index (χ1n) is 6.76. The first-order valence-corrected chi connectivity index (χ1v) is 6.76. The molecule has 0 saturated carbocycles. The molecule has 0 aliphatic carbocycles. The van der Waals surface area contributed by atoms with Crippen LogP contribution in [-0.2, 0) is 15.9 Å². The van der Waals surface area contributed by atoms with E-state index < -0.39 is 0 Å². The Hall–Kier alpha value is -0.980. The Kier molecular flexibility index (Phi) is 4.54. The fourth-order valence-corrected chi connectivity index (χ4v) is 2.63. The molecule has 0 aromatic carbocycles. The van der Waals surface area contributed by atoms with E-state index in [9.17, 15) is 0 Å². The van der Waals surface area contributed by atoms with Crippen LogP contribution in [0.15, 0.2) is 0 Å². The van der Waals surface area contributed by atoms with Crippen molar-refractivity contribution in [1.82, 2.24) is 19.9 Å². The number of nitrogens with zero attached hydrogens (tertiary/aromatic N) is 4. The van der Waals surface area contributed by atoms with E-state index in [4.69, 9.17) is 9.47 Å². The summed E-state index contributed by atoms with van der Waals surface area (Å²) >= 11 is 0. The second-order valence-corrected chi connectivity index (χ2v) is 5.40. The second-order valence-electron chi connectivity index (χ2n) is 5.40. The summed E-state index contributed by atoms with van der Waals surface area (Å²) in [6.07, 6.45) is 0.759. The third-order valence-corrected chi connectivity index (χ3v) is 3.70. The zero-order valence-electron chi connectivity index (χ0n) is 12.5. The Labute approximate surface area is 114 Å². The molecule has 6 heteroatoms. The van der Waals surface area contributed by atoms with Crippen molar-refractivity contribution >= 4 is 0 Å². The van der Waals surface area contributed by atoms with Crippen molar-refractivity contribution < 1.29 is 9.47 Å². The van der Waals surface area contributed by atoms with Crippen molar-refractivity contribution in [1.29, 1.82) is 0 Å². The largest absolute Gasteiger partial charge is 0.377 e. The third kappa shape index (κ3) is 2.80. The van der Waals surface area contributed by atoms with Gasteiger partial charge in [0, 0.05) is 39.8 Å². The summed E-state index contributed by atoms with van der Waals surface area (Å²) in [5.74, 6) is 0. The topological polar surface area (TPSA) is 52.4 Å². The molecule has 0 amide bonds. The predicted molar refractivity (Wildman–Crippen MR) is 72.2 cm³/mol. The van der Waals surface area contributed by atoms with Gasteiger partial charge in [-0.25, -0.2) is 4.68 Å². The summed E-state index contributed by atoms with van der Waals surface area (Å²) < 4.78 is 13.2. The van der Waals surface area contributed by atoms with E-state index in [1.807, 2.05) is 4.68 Å². The van der Waals surface area contributed by atoms with Crippen molar-refractivity contribution in [3.63, 3.8) is 0 Å². The quantitative estimate of drug-likeness (QED) is 0.820. The van der Waals surface area contributed by atoms with Crippen molar-refractivity contribution in [3.05, 3.63) is 11.4 Å². The fraction of sp³-hybridized carbons (Fsp3) is 0.846. The molecule has 2 atom stereocenters. The number of rotatable bonds is 3. The van der Waals surface area contributed by atoms with Crippen LogP contribution in [-0.4, -0.2) is 60.4 Å². The van der Waals surface area contributed by atoms with Gasteiger partial charge in [0.15, 0.2) is 0 Å². The second kappa shape index (κ2) is 5.98. The summed E-state index contributed by atoms with van der Waals surface area (Å²) in [4.78, 5) is 2.26.